The van der Waals surface area contributed by atoms with E-state index >= 15 is 0 Å². The van der Waals surface area contributed by atoms with Gasteiger partial charge in [-0.15, -0.1) is 6.58 Å². The maximum Gasteiger partial charge on any atom is 0.126 e. The summed E-state index contributed by atoms with van der Waals surface area (Å²) in [6, 6.07) is 0. The molecule has 1 heteroatoms. The Balaban J connectivity index is 4.48. The molecule has 1 atom stereocenters. The zero-order valence-corrected chi connectivity index (χ0v) is 11.5. The Kier molecular flexibility index (Phi) is 7.71. The quantitative estimate of drug-likeness (QED) is 0.343. The van der Waals surface area contributed by atoms with Gasteiger partial charge in [-0.3, -0.25) is 0 Å². The Morgan fingerprint density at radius 1 is 1.12 bits per heavy atom. The monoisotopic (exact) mass is 216 g/mol. The van der Waals surface area contributed by atoms with Crippen LogP contribution in [0.15, 0.2) is 47.6 Å². The fraction of sp³-hybridized carbons (Fsp3) is 0.467. The Morgan fingerprint density at radius 2 is 1.75 bits per heavy atom. The highest BCUT2D eigenvalue weighted by molar-refractivity contribution is 6.36. The first-order valence-corrected chi connectivity index (χ1v) is 6.12. The minimum Gasteiger partial charge on any atom is -0.104 e. The van der Waals surface area contributed by atoms with E-state index in [-0.39, 0.29) is 0 Å². The van der Waals surface area contributed by atoms with Crippen molar-refractivity contribution in [2.75, 3.05) is 0 Å². The van der Waals surface area contributed by atoms with Gasteiger partial charge in [0, 0.05) is 0 Å². The van der Waals surface area contributed by atoms with Gasteiger partial charge in [-0.1, -0.05) is 42.3 Å². The zero-order valence-electron chi connectivity index (χ0n) is 11.5. The maximum absolute atomic E-state index is 3.86. The molecule has 16 heavy (non-hydrogen) atoms. The van der Waals surface area contributed by atoms with Crippen molar-refractivity contribution in [1.82, 2.24) is 0 Å². The molecule has 0 heterocycles. The number of rotatable bonds is 6. The van der Waals surface area contributed by atoms with Gasteiger partial charge in [0.25, 0.3) is 0 Å². The molecule has 0 aliphatic heterocycles. The van der Waals surface area contributed by atoms with Gasteiger partial charge in [0.1, 0.15) is 7.28 Å². The number of hydrogen-bond donors (Lipinski definition) is 0. The van der Waals surface area contributed by atoms with Crippen molar-refractivity contribution in [2.24, 2.45) is 0 Å². The van der Waals surface area contributed by atoms with E-state index in [1.807, 2.05) is 0 Å². The first kappa shape index (κ1) is 15.0. The summed E-state index contributed by atoms with van der Waals surface area (Å²) in [4.78, 5) is 0. The number of allylic oxidation sites excluding steroid dienone is 7. The van der Waals surface area contributed by atoms with Gasteiger partial charge in [-0.25, -0.2) is 0 Å². The minimum absolute atomic E-state index is 0.617. The molecule has 0 bridgehead atoms. The molecule has 0 nitrogen and oxygen atoms in total. The van der Waals surface area contributed by atoms with Crippen molar-refractivity contribution >= 4 is 7.28 Å². The fourth-order valence-electron chi connectivity index (χ4n) is 1.34. The summed E-state index contributed by atoms with van der Waals surface area (Å²) in [5.74, 6) is 0.617. The highest BCUT2D eigenvalue weighted by Crippen LogP contribution is 2.16. The van der Waals surface area contributed by atoms with E-state index < -0.39 is 0 Å². The average molecular weight is 216 g/mol. The average Bonchev–Trinajstić information content (AvgIpc) is 2.26. The first-order valence-electron chi connectivity index (χ1n) is 6.12. The Bertz CT molecular complexity index is 301. The summed E-state index contributed by atoms with van der Waals surface area (Å²) < 4.78 is 0. The lowest BCUT2D eigenvalue weighted by atomic mass is 9.65. The van der Waals surface area contributed by atoms with E-state index in [1.54, 1.807) is 0 Å². The minimum atomic E-state index is 0.617. The van der Waals surface area contributed by atoms with E-state index in [9.17, 15) is 0 Å². The summed E-state index contributed by atoms with van der Waals surface area (Å²) >= 11 is 0. The van der Waals surface area contributed by atoms with Crippen LogP contribution in [0.1, 0.15) is 34.1 Å². The highest BCUT2D eigenvalue weighted by Gasteiger charge is 2.00. The lowest BCUT2D eigenvalue weighted by molar-refractivity contribution is 1.02. The van der Waals surface area contributed by atoms with E-state index in [0.717, 1.165) is 6.42 Å². The van der Waals surface area contributed by atoms with E-state index in [2.05, 4.69) is 65.4 Å². The topological polar surface area (TPSA) is 0 Å². The van der Waals surface area contributed by atoms with Crippen LogP contribution in [-0.4, -0.2) is 7.28 Å². The van der Waals surface area contributed by atoms with Crippen LogP contribution in [0.2, 0.25) is 12.6 Å². The van der Waals surface area contributed by atoms with E-state index in [0.29, 0.717) is 5.82 Å². The van der Waals surface area contributed by atoms with Crippen LogP contribution in [0.3, 0.4) is 0 Å². The lowest BCUT2D eigenvalue weighted by Gasteiger charge is -2.06. The molecule has 0 radical (unpaired) electrons. The second-order valence-corrected chi connectivity index (χ2v) is 4.62. The largest absolute Gasteiger partial charge is 0.126 e. The van der Waals surface area contributed by atoms with Gasteiger partial charge in [0.2, 0.25) is 0 Å². The molecular weight excluding hydrogens is 191 g/mol. The van der Waals surface area contributed by atoms with Crippen molar-refractivity contribution in [2.45, 2.75) is 46.8 Å². The maximum atomic E-state index is 3.86. The summed E-state index contributed by atoms with van der Waals surface area (Å²) in [7, 11) is 1.17. The molecular formula is C15H25B. The van der Waals surface area contributed by atoms with Gasteiger partial charge in [0.05, 0.1) is 0 Å². The standard InChI is InChI=1S/C15H25B/c1-7-15(16-6)11-10-14(5)13(4)9-8-12(2)3/h7-10,15-16H,1,11H2,2-6H3/b13-9+,14-10+. The van der Waals surface area contributed by atoms with Crippen LogP contribution in [0.5, 0.6) is 0 Å². The van der Waals surface area contributed by atoms with Crippen molar-refractivity contribution < 1.29 is 0 Å². The molecule has 0 amide bonds. The molecule has 0 fully saturated rings. The molecule has 0 saturated heterocycles. The van der Waals surface area contributed by atoms with Crippen LogP contribution in [0.25, 0.3) is 0 Å². The fourth-order valence-corrected chi connectivity index (χ4v) is 1.34. The summed E-state index contributed by atoms with van der Waals surface area (Å²) in [6.07, 6.45) is 9.83. The van der Waals surface area contributed by atoms with Crippen molar-refractivity contribution in [3.05, 3.63) is 47.6 Å². The molecule has 0 N–H and O–H groups in total. The van der Waals surface area contributed by atoms with Crippen molar-refractivity contribution in [3.63, 3.8) is 0 Å². The van der Waals surface area contributed by atoms with E-state index in [4.69, 9.17) is 0 Å². The van der Waals surface area contributed by atoms with Gasteiger partial charge in [-0.2, -0.15) is 0 Å². The molecule has 0 aromatic heterocycles. The van der Waals surface area contributed by atoms with Crippen molar-refractivity contribution in [3.8, 4) is 0 Å². The second-order valence-electron chi connectivity index (χ2n) is 4.62. The van der Waals surface area contributed by atoms with Crippen LogP contribution in [-0.2, 0) is 0 Å². The van der Waals surface area contributed by atoms with Gasteiger partial charge in [-0.05, 0) is 45.5 Å². The van der Waals surface area contributed by atoms with Crippen molar-refractivity contribution in [1.29, 1.82) is 0 Å². The first-order chi connectivity index (χ1) is 7.51. The van der Waals surface area contributed by atoms with E-state index in [1.165, 1.54) is 24.0 Å². The molecule has 88 valence electrons. The molecule has 0 aromatic rings. The molecule has 1 unspecified atom stereocenters. The number of hydrogen-bond acceptors (Lipinski definition) is 0. The SMILES string of the molecule is C=CC(BC)C/C=C(C)/C(C)=C/C=C(C)C. The molecule has 0 aliphatic rings. The highest BCUT2D eigenvalue weighted by atomic mass is 14.0. The van der Waals surface area contributed by atoms with Gasteiger partial charge < -0.3 is 0 Å². The predicted molar refractivity (Wildman–Crippen MR) is 78.5 cm³/mol. The van der Waals surface area contributed by atoms with Crippen LogP contribution in [0.4, 0.5) is 0 Å². The lowest BCUT2D eigenvalue weighted by Crippen LogP contribution is -1.94. The molecule has 0 spiro atoms. The molecule has 0 aliphatic carbocycles. The molecule has 0 rings (SSSR count). The van der Waals surface area contributed by atoms with Crippen LogP contribution < -0.4 is 0 Å². The zero-order chi connectivity index (χ0) is 12.6. The summed E-state index contributed by atoms with van der Waals surface area (Å²) in [5, 5.41) is 0. The molecule has 0 aromatic carbocycles. The van der Waals surface area contributed by atoms with Gasteiger partial charge >= 0.3 is 0 Å². The Labute approximate surface area is 102 Å². The smallest absolute Gasteiger partial charge is 0.104 e. The van der Waals surface area contributed by atoms with Crippen LogP contribution in [0, 0.1) is 0 Å². The third kappa shape index (κ3) is 6.50. The third-order valence-electron chi connectivity index (χ3n) is 2.87. The second kappa shape index (κ2) is 8.21. The van der Waals surface area contributed by atoms with Gasteiger partial charge in [0.15, 0.2) is 0 Å². The predicted octanol–water partition coefficient (Wildman–Crippen LogP) is 4.69. The summed E-state index contributed by atoms with van der Waals surface area (Å²) in [5.41, 5.74) is 4.06. The normalized spacial score (nSPS) is 14.3. The molecule has 0 saturated carbocycles. The third-order valence-corrected chi connectivity index (χ3v) is 2.87. The Morgan fingerprint density at radius 3 is 2.19 bits per heavy atom. The van der Waals surface area contributed by atoms with Crippen LogP contribution >= 0.6 is 0 Å². The summed E-state index contributed by atoms with van der Waals surface area (Å²) in [6.45, 7) is 14.7. The Hall–Kier alpha value is -0.975.